The van der Waals surface area contributed by atoms with E-state index in [-0.39, 0.29) is 11.8 Å². The number of esters is 1. The molecule has 0 atom stereocenters. The normalized spacial score (nSPS) is 7.00. The van der Waals surface area contributed by atoms with Crippen LogP contribution in [0, 0.1) is 0 Å². The Kier molecular flexibility index (Phi) is 15.6. The lowest BCUT2D eigenvalue weighted by molar-refractivity contribution is -0.137. The van der Waals surface area contributed by atoms with Gasteiger partial charge < -0.3 is 14.6 Å². The predicted octanol–water partition coefficient (Wildman–Crippen LogP) is 1.77. The van der Waals surface area contributed by atoms with Crippen LogP contribution in [0.1, 0.15) is 34.6 Å². The summed E-state index contributed by atoms with van der Waals surface area (Å²) in [4.78, 5) is 28.4. The van der Waals surface area contributed by atoms with Crippen molar-refractivity contribution in [1.29, 1.82) is 0 Å². The maximum Gasteiger partial charge on any atom is 0.307 e. The van der Waals surface area contributed by atoms with Crippen LogP contribution in [-0.2, 0) is 19.1 Å². The lowest BCUT2D eigenvalue weighted by Crippen LogP contribution is -1.93. The molecule has 0 bridgehead atoms. The van der Waals surface area contributed by atoms with Crippen LogP contribution in [0.15, 0.2) is 12.3 Å². The average molecular weight is 218 g/mol. The first-order chi connectivity index (χ1) is 6.59. The van der Waals surface area contributed by atoms with Crippen molar-refractivity contribution in [3.63, 3.8) is 0 Å². The minimum absolute atomic E-state index is 0.167. The average Bonchev–Trinajstić information content (AvgIpc) is 1.78. The predicted molar refractivity (Wildman–Crippen MR) is 56.2 cm³/mol. The zero-order chi connectivity index (χ0) is 13.0. The van der Waals surface area contributed by atoms with Gasteiger partial charge in [0.15, 0.2) is 0 Å². The van der Waals surface area contributed by atoms with E-state index in [1.807, 2.05) is 0 Å². The van der Waals surface area contributed by atoms with Crippen molar-refractivity contribution in [2.75, 3.05) is 0 Å². The van der Waals surface area contributed by atoms with E-state index < -0.39 is 5.97 Å². The second-order valence-electron chi connectivity index (χ2n) is 2.72. The van der Waals surface area contributed by atoms with Crippen molar-refractivity contribution in [2.24, 2.45) is 0 Å². The van der Waals surface area contributed by atoms with Crippen molar-refractivity contribution in [1.82, 2.24) is 0 Å². The third-order valence-electron chi connectivity index (χ3n) is 0.318. The van der Waals surface area contributed by atoms with Crippen LogP contribution in [0.3, 0.4) is 0 Å². The van der Waals surface area contributed by atoms with Gasteiger partial charge in [-0.1, -0.05) is 6.58 Å². The van der Waals surface area contributed by atoms with E-state index in [0.717, 1.165) is 6.92 Å². The molecule has 15 heavy (non-hydrogen) atoms. The second-order valence-corrected chi connectivity index (χ2v) is 2.72. The Morgan fingerprint density at radius 3 is 1.20 bits per heavy atom. The highest BCUT2D eigenvalue weighted by molar-refractivity contribution is 5.72. The van der Waals surface area contributed by atoms with Gasteiger partial charge in [0, 0.05) is 13.8 Å². The Balaban J connectivity index is -0.000000155. The molecule has 0 heterocycles. The van der Waals surface area contributed by atoms with Gasteiger partial charge in [0.2, 0.25) is 0 Å². The minimum Gasteiger partial charge on any atom is -0.481 e. The van der Waals surface area contributed by atoms with Gasteiger partial charge in [0.25, 0.3) is 5.97 Å². The number of carbonyl (C=O) groups is 3. The summed E-state index contributed by atoms with van der Waals surface area (Å²) in [5.41, 5.74) is 0. The first-order valence-electron chi connectivity index (χ1n) is 4.10. The van der Waals surface area contributed by atoms with E-state index in [0.29, 0.717) is 5.76 Å². The molecular weight excluding hydrogens is 200 g/mol. The SMILES string of the molecule is C=C(C)OC(C)=O.CC(=O)O.CC(C)=O. The number of carboxylic acids is 1. The summed E-state index contributed by atoms with van der Waals surface area (Å²) in [6.07, 6.45) is 0. The summed E-state index contributed by atoms with van der Waals surface area (Å²) in [5.74, 6) is -0.542. The molecule has 0 spiro atoms. The Labute approximate surface area is 89.7 Å². The van der Waals surface area contributed by atoms with E-state index in [1.54, 1.807) is 6.92 Å². The Morgan fingerprint density at radius 2 is 1.20 bits per heavy atom. The second kappa shape index (κ2) is 12.3. The molecule has 0 aromatic rings. The fraction of sp³-hybridized carbons (Fsp3) is 0.500. The number of hydrogen-bond donors (Lipinski definition) is 1. The highest BCUT2D eigenvalue weighted by Gasteiger charge is 1.87. The van der Waals surface area contributed by atoms with Crippen LogP contribution < -0.4 is 0 Å². The molecule has 0 aliphatic rings. The molecule has 0 unspecified atom stereocenters. The van der Waals surface area contributed by atoms with Gasteiger partial charge in [-0.05, 0) is 20.8 Å². The molecule has 0 aliphatic heterocycles. The van der Waals surface area contributed by atoms with Crippen LogP contribution in [0.4, 0.5) is 0 Å². The first kappa shape index (κ1) is 19.0. The van der Waals surface area contributed by atoms with Crippen molar-refractivity contribution in [3.8, 4) is 0 Å². The molecular formula is C10H18O5. The molecule has 0 amide bonds. The Morgan fingerprint density at radius 1 is 1.00 bits per heavy atom. The first-order valence-corrected chi connectivity index (χ1v) is 4.10. The third kappa shape index (κ3) is 240. The highest BCUT2D eigenvalue weighted by Crippen LogP contribution is 1.87. The third-order valence-corrected chi connectivity index (χ3v) is 0.318. The Bertz CT molecular complexity index is 198. The number of carbonyl (C=O) groups excluding carboxylic acids is 2. The van der Waals surface area contributed by atoms with Crippen LogP contribution in [-0.4, -0.2) is 22.8 Å². The van der Waals surface area contributed by atoms with Gasteiger partial charge >= 0.3 is 5.97 Å². The number of aliphatic carboxylic acids is 1. The van der Waals surface area contributed by atoms with Crippen molar-refractivity contribution < 1.29 is 24.2 Å². The summed E-state index contributed by atoms with van der Waals surface area (Å²) in [5, 5.41) is 7.42. The van der Waals surface area contributed by atoms with Gasteiger partial charge in [-0.15, -0.1) is 0 Å². The van der Waals surface area contributed by atoms with Crippen molar-refractivity contribution in [2.45, 2.75) is 34.6 Å². The van der Waals surface area contributed by atoms with E-state index in [4.69, 9.17) is 9.90 Å². The summed E-state index contributed by atoms with van der Waals surface area (Å²) in [6, 6.07) is 0. The summed E-state index contributed by atoms with van der Waals surface area (Å²) in [6.45, 7) is 10.5. The zero-order valence-electron chi connectivity index (χ0n) is 9.79. The number of carboxylic acid groups (broad SMARTS) is 1. The largest absolute Gasteiger partial charge is 0.481 e. The maximum atomic E-state index is 9.97. The highest BCUT2D eigenvalue weighted by atomic mass is 16.5. The molecule has 88 valence electrons. The molecule has 5 nitrogen and oxygen atoms in total. The fourth-order valence-corrected chi connectivity index (χ4v) is 0.245. The smallest absolute Gasteiger partial charge is 0.307 e. The molecule has 0 aliphatic carbocycles. The number of allylic oxidation sites excluding steroid dienone is 1. The summed E-state index contributed by atoms with van der Waals surface area (Å²) in [7, 11) is 0. The fourth-order valence-electron chi connectivity index (χ4n) is 0.245. The molecule has 0 aromatic heterocycles. The lowest BCUT2D eigenvalue weighted by atomic mass is 10.6. The summed E-state index contributed by atoms with van der Waals surface area (Å²) < 4.78 is 4.42. The van der Waals surface area contributed by atoms with Gasteiger partial charge in [-0.25, -0.2) is 0 Å². The van der Waals surface area contributed by atoms with Crippen LogP contribution in [0.25, 0.3) is 0 Å². The van der Waals surface area contributed by atoms with Crippen molar-refractivity contribution >= 4 is 17.7 Å². The molecule has 5 heteroatoms. The minimum atomic E-state index is -0.833. The maximum absolute atomic E-state index is 9.97. The quantitative estimate of drug-likeness (QED) is 0.535. The van der Waals surface area contributed by atoms with Crippen molar-refractivity contribution in [3.05, 3.63) is 12.3 Å². The number of ketones is 1. The van der Waals surface area contributed by atoms with Gasteiger partial charge in [-0.3, -0.25) is 9.59 Å². The monoisotopic (exact) mass is 218 g/mol. The topological polar surface area (TPSA) is 80.7 Å². The molecule has 0 fully saturated rings. The Hall–Kier alpha value is -1.65. The molecule has 0 saturated carbocycles. The molecule has 0 saturated heterocycles. The van der Waals surface area contributed by atoms with E-state index in [2.05, 4.69) is 11.3 Å². The van der Waals surface area contributed by atoms with Crippen LogP contribution in [0.2, 0.25) is 0 Å². The van der Waals surface area contributed by atoms with Gasteiger partial charge in [-0.2, -0.15) is 0 Å². The van der Waals surface area contributed by atoms with Crippen LogP contribution in [0.5, 0.6) is 0 Å². The van der Waals surface area contributed by atoms with E-state index in [9.17, 15) is 9.59 Å². The standard InChI is InChI=1S/C5H8O2.C3H6O.C2H4O2/c1-4(2)7-5(3)6;1-3(2)4;1-2(3)4/h1H2,2-3H3;1-2H3;1H3,(H,3,4). The van der Waals surface area contributed by atoms with Gasteiger partial charge in [0.1, 0.15) is 5.78 Å². The number of ether oxygens (including phenoxy) is 1. The molecule has 0 aromatic carbocycles. The lowest BCUT2D eigenvalue weighted by Gasteiger charge is -1.93. The number of rotatable bonds is 1. The number of hydrogen-bond acceptors (Lipinski definition) is 4. The molecule has 0 radical (unpaired) electrons. The molecule has 1 N–H and O–H groups in total. The van der Waals surface area contributed by atoms with E-state index >= 15 is 0 Å². The van der Waals surface area contributed by atoms with Crippen LogP contribution >= 0.6 is 0 Å². The van der Waals surface area contributed by atoms with E-state index in [1.165, 1.54) is 20.8 Å². The number of Topliss-reactive ketones (excluding diaryl/α,β-unsaturated/α-hetero) is 1. The summed E-state index contributed by atoms with van der Waals surface area (Å²) >= 11 is 0. The molecule has 0 rings (SSSR count). The van der Waals surface area contributed by atoms with Gasteiger partial charge in [0.05, 0.1) is 5.76 Å². The zero-order valence-corrected chi connectivity index (χ0v) is 9.79.